The molecule has 0 aromatic heterocycles. The lowest BCUT2D eigenvalue weighted by Crippen LogP contribution is -2.45. The highest BCUT2D eigenvalue weighted by Gasteiger charge is 2.34. The Morgan fingerprint density at radius 2 is 2.00 bits per heavy atom. The lowest BCUT2D eigenvalue weighted by atomic mass is 9.82. The van der Waals surface area contributed by atoms with Gasteiger partial charge in [0.15, 0.2) is 0 Å². The highest BCUT2D eigenvalue weighted by atomic mass is 16.5. The fraction of sp³-hybridized carbons (Fsp3) is 0.600. The van der Waals surface area contributed by atoms with Crippen LogP contribution in [0, 0.1) is 11.3 Å². The minimum Gasteiger partial charge on any atom is -0.490 e. The molecule has 1 aromatic carbocycles. The number of nitriles is 1. The first-order valence-electron chi connectivity index (χ1n) is 9.25. The Balaban J connectivity index is 1.48. The van der Waals surface area contributed by atoms with Crippen molar-refractivity contribution < 1.29 is 14.6 Å². The highest BCUT2D eigenvalue weighted by Crippen LogP contribution is 2.32. The van der Waals surface area contributed by atoms with E-state index in [2.05, 4.69) is 6.07 Å². The zero-order valence-corrected chi connectivity index (χ0v) is 14.6. The number of benzene rings is 1. The summed E-state index contributed by atoms with van der Waals surface area (Å²) in [4.78, 5) is 14.4. The average molecular weight is 342 g/mol. The smallest absolute Gasteiger partial charge is 0.225 e. The first kappa shape index (κ1) is 17.8. The zero-order chi connectivity index (χ0) is 17.7. The summed E-state index contributed by atoms with van der Waals surface area (Å²) in [6.45, 7) is 1.33. The van der Waals surface area contributed by atoms with Gasteiger partial charge in [0.05, 0.1) is 23.7 Å². The average Bonchev–Trinajstić information content (AvgIpc) is 2.62. The summed E-state index contributed by atoms with van der Waals surface area (Å²) >= 11 is 0. The van der Waals surface area contributed by atoms with Crippen LogP contribution in [0.2, 0.25) is 0 Å². The lowest BCUT2D eigenvalue weighted by molar-refractivity contribution is -0.139. The first-order chi connectivity index (χ1) is 12.1. The summed E-state index contributed by atoms with van der Waals surface area (Å²) in [7, 11) is 0. The Labute approximate surface area is 149 Å². The van der Waals surface area contributed by atoms with E-state index >= 15 is 0 Å². The summed E-state index contributed by atoms with van der Waals surface area (Å²) in [5.41, 5.74) is -0.203. The predicted molar refractivity (Wildman–Crippen MR) is 94.0 cm³/mol. The molecular formula is C20H26N2O3. The first-order valence-corrected chi connectivity index (χ1v) is 9.25. The Morgan fingerprint density at radius 1 is 1.28 bits per heavy atom. The van der Waals surface area contributed by atoms with E-state index < -0.39 is 5.60 Å². The van der Waals surface area contributed by atoms with Crippen LogP contribution in [0.1, 0.15) is 56.9 Å². The molecule has 0 spiro atoms. The molecule has 3 rings (SSSR count). The van der Waals surface area contributed by atoms with Crippen molar-refractivity contribution in [3.8, 4) is 11.8 Å². The number of likely N-dealkylation sites (tertiary alicyclic amines) is 1. The molecule has 5 heteroatoms. The summed E-state index contributed by atoms with van der Waals surface area (Å²) < 4.78 is 5.96. The maximum absolute atomic E-state index is 12.5. The topological polar surface area (TPSA) is 73.6 Å². The van der Waals surface area contributed by atoms with E-state index in [0.29, 0.717) is 24.4 Å². The number of nitrogens with zero attached hydrogens (tertiary/aromatic N) is 2. The van der Waals surface area contributed by atoms with Gasteiger partial charge in [0, 0.05) is 25.9 Å². The number of ether oxygens (including phenoxy) is 1. The summed E-state index contributed by atoms with van der Waals surface area (Å²) in [6.07, 6.45) is 6.55. The van der Waals surface area contributed by atoms with Crippen molar-refractivity contribution in [1.82, 2.24) is 4.90 Å². The third-order valence-corrected chi connectivity index (χ3v) is 5.33. The van der Waals surface area contributed by atoms with Gasteiger partial charge < -0.3 is 14.7 Å². The van der Waals surface area contributed by atoms with Gasteiger partial charge in [-0.2, -0.15) is 5.26 Å². The molecular weight excluding hydrogens is 316 g/mol. The van der Waals surface area contributed by atoms with Gasteiger partial charge in [0.1, 0.15) is 11.9 Å². The molecule has 0 atom stereocenters. The number of hydrogen-bond donors (Lipinski definition) is 1. The molecule has 1 heterocycles. The quantitative estimate of drug-likeness (QED) is 0.913. The summed E-state index contributed by atoms with van der Waals surface area (Å²) in [6, 6.07) is 9.29. The maximum Gasteiger partial charge on any atom is 0.225 e. The SMILES string of the molecule is N#Cc1cccc(OC2CCN(C(=O)CC3(O)CCCCC3)CC2)c1. The van der Waals surface area contributed by atoms with Crippen molar-refractivity contribution in [2.24, 2.45) is 0 Å². The molecule has 2 fully saturated rings. The molecule has 1 aliphatic carbocycles. The van der Waals surface area contributed by atoms with Gasteiger partial charge in [-0.25, -0.2) is 0 Å². The van der Waals surface area contributed by atoms with Gasteiger partial charge in [0.2, 0.25) is 5.91 Å². The standard InChI is InChI=1S/C20H26N2O3/c21-15-16-5-4-6-18(13-16)25-17-7-11-22(12-8-17)19(23)14-20(24)9-2-1-3-10-20/h4-6,13,17,24H,1-3,7-12,14H2. The van der Waals surface area contributed by atoms with Crippen molar-refractivity contribution in [1.29, 1.82) is 5.26 Å². The third kappa shape index (κ3) is 4.73. The lowest BCUT2D eigenvalue weighted by Gasteiger charge is -2.36. The molecule has 1 amide bonds. The molecule has 0 unspecified atom stereocenters. The molecule has 1 saturated carbocycles. The molecule has 1 aromatic rings. The number of carbonyl (C=O) groups is 1. The van der Waals surface area contributed by atoms with Crippen LogP contribution in [0.4, 0.5) is 0 Å². The van der Waals surface area contributed by atoms with Crippen molar-refractivity contribution in [3.63, 3.8) is 0 Å². The van der Waals surface area contributed by atoms with Crippen LogP contribution in [0.15, 0.2) is 24.3 Å². The number of rotatable bonds is 4. The van der Waals surface area contributed by atoms with Crippen LogP contribution in [-0.4, -0.2) is 40.7 Å². The van der Waals surface area contributed by atoms with Crippen molar-refractivity contribution in [2.45, 2.75) is 63.1 Å². The van der Waals surface area contributed by atoms with Crippen LogP contribution in [-0.2, 0) is 4.79 Å². The molecule has 2 aliphatic rings. The van der Waals surface area contributed by atoms with Gasteiger partial charge in [-0.1, -0.05) is 25.3 Å². The second-order valence-electron chi connectivity index (χ2n) is 7.30. The van der Waals surface area contributed by atoms with Crippen LogP contribution >= 0.6 is 0 Å². The Hall–Kier alpha value is -2.06. The van der Waals surface area contributed by atoms with Crippen LogP contribution in [0.5, 0.6) is 5.75 Å². The number of hydrogen-bond acceptors (Lipinski definition) is 4. The van der Waals surface area contributed by atoms with Crippen molar-refractivity contribution >= 4 is 5.91 Å². The Kier molecular flexibility index (Phi) is 5.60. The Morgan fingerprint density at radius 3 is 2.68 bits per heavy atom. The van der Waals surface area contributed by atoms with Crippen LogP contribution < -0.4 is 4.74 Å². The van der Waals surface area contributed by atoms with Gasteiger partial charge >= 0.3 is 0 Å². The molecule has 0 bridgehead atoms. The largest absolute Gasteiger partial charge is 0.490 e. The number of carbonyl (C=O) groups excluding carboxylic acids is 1. The van der Waals surface area contributed by atoms with Gasteiger partial charge in [-0.05, 0) is 31.0 Å². The molecule has 1 aliphatic heterocycles. The van der Waals surface area contributed by atoms with E-state index in [1.807, 2.05) is 17.0 Å². The minimum absolute atomic E-state index is 0.0642. The van der Waals surface area contributed by atoms with E-state index in [9.17, 15) is 9.90 Å². The monoisotopic (exact) mass is 342 g/mol. The van der Waals surface area contributed by atoms with Gasteiger partial charge in [-0.15, -0.1) is 0 Å². The third-order valence-electron chi connectivity index (χ3n) is 5.33. The molecule has 1 N–H and O–H groups in total. The second-order valence-corrected chi connectivity index (χ2v) is 7.30. The normalized spacial score (nSPS) is 20.7. The number of aliphatic hydroxyl groups is 1. The fourth-order valence-electron chi connectivity index (χ4n) is 3.83. The minimum atomic E-state index is -0.791. The molecule has 1 saturated heterocycles. The maximum atomic E-state index is 12.5. The molecule has 25 heavy (non-hydrogen) atoms. The van der Waals surface area contributed by atoms with Crippen molar-refractivity contribution in [2.75, 3.05) is 13.1 Å². The highest BCUT2D eigenvalue weighted by molar-refractivity contribution is 5.77. The van der Waals surface area contributed by atoms with E-state index in [1.54, 1.807) is 12.1 Å². The van der Waals surface area contributed by atoms with Gasteiger partial charge in [0.25, 0.3) is 0 Å². The van der Waals surface area contributed by atoms with Crippen molar-refractivity contribution in [3.05, 3.63) is 29.8 Å². The Bertz CT molecular complexity index is 639. The number of amides is 1. The summed E-state index contributed by atoms with van der Waals surface area (Å²) in [5, 5.41) is 19.5. The van der Waals surface area contributed by atoms with E-state index in [1.165, 1.54) is 0 Å². The molecule has 0 radical (unpaired) electrons. The zero-order valence-electron chi connectivity index (χ0n) is 14.6. The van der Waals surface area contributed by atoms with E-state index in [4.69, 9.17) is 10.00 Å². The van der Waals surface area contributed by atoms with E-state index in [0.717, 1.165) is 44.9 Å². The van der Waals surface area contributed by atoms with E-state index in [-0.39, 0.29) is 18.4 Å². The molecule has 5 nitrogen and oxygen atoms in total. The number of piperidine rings is 1. The van der Waals surface area contributed by atoms with Crippen LogP contribution in [0.3, 0.4) is 0 Å². The predicted octanol–water partition coefficient (Wildman–Crippen LogP) is 3.01. The molecule has 134 valence electrons. The fourth-order valence-corrected chi connectivity index (χ4v) is 3.83. The second kappa shape index (κ2) is 7.88. The van der Waals surface area contributed by atoms with Gasteiger partial charge in [-0.3, -0.25) is 4.79 Å². The summed E-state index contributed by atoms with van der Waals surface area (Å²) in [5.74, 6) is 0.773. The van der Waals surface area contributed by atoms with Crippen LogP contribution in [0.25, 0.3) is 0 Å².